The minimum atomic E-state index is -0.581. The van der Waals surface area contributed by atoms with Crippen molar-refractivity contribution in [3.8, 4) is 0 Å². The van der Waals surface area contributed by atoms with Gasteiger partial charge in [-0.25, -0.2) is 0 Å². The van der Waals surface area contributed by atoms with Gasteiger partial charge in [0.1, 0.15) is 5.92 Å². The molecule has 0 unspecified atom stereocenters. The van der Waals surface area contributed by atoms with Gasteiger partial charge in [0, 0.05) is 36.6 Å². The van der Waals surface area contributed by atoms with Crippen LogP contribution in [-0.4, -0.2) is 77.8 Å². The van der Waals surface area contributed by atoms with Crippen LogP contribution in [0.25, 0.3) is 6.08 Å². The number of anilines is 1. The lowest BCUT2D eigenvalue weighted by molar-refractivity contribution is -0.902. The van der Waals surface area contributed by atoms with Crippen LogP contribution in [0, 0.1) is 26.1 Å². The van der Waals surface area contributed by atoms with Crippen LogP contribution in [0.2, 0.25) is 0 Å². The predicted molar refractivity (Wildman–Crippen MR) is 145 cm³/mol. The van der Waals surface area contributed by atoms with Crippen molar-refractivity contribution in [2.45, 2.75) is 6.92 Å². The number of carbonyl (C=O) groups excluding carboxylic acids is 2. The third-order valence-electron chi connectivity index (χ3n) is 6.62. The van der Waals surface area contributed by atoms with Crippen molar-refractivity contribution in [3.63, 3.8) is 0 Å². The normalized spacial score (nSPS) is 18.2. The maximum atomic E-state index is 12.8. The van der Waals surface area contributed by atoms with Gasteiger partial charge in [-0.05, 0) is 30.7 Å². The molecule has 0 aromatic heterocycles. The fourth-order valence-electron chi connectivity index (χ4n) is 4.36. The Morgan fingerprint density at radius 2 is 1.79 bits per heavy atom. The standard InChI is InChI=1S/C26H27N7O6/c1-19-24(26(35)31(28-19)21-6-8-22(9-7-21)32(36)37)18-27-11-12-29-13-15-30(16-14-29)25(34)10-5-20-3-2-4-23(17-20)33(38)39/h2-10,17-18,24H,11-16H2,1H3/p+1/b10-5+,27-18?/t24-/m0/s1. The number of hydrazone groups is 1. The molecule has 0 bridgehead atoms. The number of amides is 2. The van der Waals surface area contributed by atoms with E-state index in [-0.39, 0.29) is 23.2 Å². The Kier molecular flexibility index (Phi) is 8.51. The van der Waals surface area contributed by atoms with E-state index in [2.05, 4.69) is 10.1 Å². The molecule has 2 aliphatic heterocycles. The van der Waals surface area contributed by atoms with Gasteiger partial charge in [-0.15, -0.1) is 0 Å². The number of aliphatic imine (C=N–C) groups is 1. The Morgan fingerprint density at radius 3 is 2.46 bits per heavy atom. The molecule has 1 saturated heterocycles. The van der Waals surface area contributed by atoms with Crippen molar-refractivity contribution in [2.24, 2.45) is 16.0 Å². The summed E-state index contributed by atoms with van der Waals surface area (Å²) in [7, 11) is 0. The Hall–Kier alpha value is -4.78. The monoisotopic (exact) mass is 534 g/mol. The number of nitro groups is 2. The van der Waals surface area contributed by atoms with Crippen LogP contribution in [0.15, 0.2) is 64.7 Å². The number of quaternary nitrogens is 1. The number of rotatable bonds is 9. The number of piperazine rings is 1. The largest absolute Gasteiger partial charge is 0.330 e. The molecule has 0 aliphatic carbocycles. The summed E-state index contributed by atoms with van der Waals surface area (Å²) in [6, 6.07) is 11.8. The molecule has 2 aromatic carbocycles. The van der Waals surface area contributed by atoms with Crippen molar-refractivity contribution < 1.29 is 24.3 Å². The summed E-state index contributed by atoms with van der Waals surface area (Å²) in [4.78, 5) is 53.7. The molecule has 0 saturated carbocycles. The van der Waals surface area contributed by atoms with Crippen LogP contribution < -0.4 is 9.91 Å². The fourth-order valence-corrected chi connectivity index (χ4v) is 4.36. The molecule has 2 aromatic rings. The molecular formula is C26H28N7O6+. The first-order chi connectivity index (χ1) is 18.7. The van der Waals surface area contributed by atoms with E-state index in [9.17, 15) is 29.8 Å². The van der Waals surface area contributed by atoms with Crippen molar-refractivity contribution in [1.82, 2.24) is 4.90 Å². The number of nitrogens with zero attached hydrogens (tertiary/aromatic N) is 6. The lowest BCUT2D eigenvalue weighted by Gasteiger charge is -2.31. The van der Waals surface area contributed by atoms with Gasteiger partial charge in [0.15, 0.2) is 0 Å². The van der Waals surface area contributed by atoms with E-state index < -0.39 is 15.8 Å². The van der Waals surface area contributed by atoms with Gasteiger partial charge in [0.25, 0.3) is 17.3 Å². The van der Waals surface area contributed by atoms with E-state index in [1.807, 2.05) is 0 Å². The maximum Gasteiger partial charge on any atom is 0.270 e. The second-order valence-corrected chi connectivity index (χ2v) is 9.21. The Balaban J connectivity index is 1.21. The summed E-state index contributed by atoms with van der Waals surface area (Å²) in [6.45, 7) is 5.73. The SMILES string of the molecule is CC1=NN(c2ccc([N+](=O)[O-])cc2)C(=O)[C@H]1C=NCC[NH+]1CCN(C(=O)/C=C/c2cccc([N+](=O)[O-])c2)CC1. The third kappa shape index (κ3) is 6.76. The van der Waals surface area contributed by atoms with E-state index in [0.717, 1.165) is 19.6 Å². The van der Waals surface area contributed by atoms with Crippen LogP contribution in [-0.2, 0) is 9.59 Å². The molecule has 1 atom stereocenters. The number of nitrogens with one attached hydrogen (secondary N) is 1. The maximum absolute atomic E-state index is 12.8. The van der Waals surface area contributed by atoms with Crippen LogP contribution in [0.5, 0.6) is 0 Å². The quantitative estimate of drug-likeness (QED) is 0.222. The highest BCUT2D eigenvalue weighted by Crippen LogP contribution is 2.25. The van der Waals surface area contributed by atoms with Gasteiger partial charge in [-0.2, -0.15) is 10.1 Å². The topological polar surface area (TPSA) is 156 Å². The minimum Gasteiger partial charge on any atom is -0.330 e. The zero-order chi connectivity index (χ0) is 27.9. The molecule has 2 aliphatic rings. The highest BCUT2D eigenvalue weighted by molar-refractivity contribution is 6.23. The lowest BCUT2D eigenvalue weighted by Crippen LogP contribution is -3.15. The summed E-state index contributed by atoms with van der Waals surface area (Å²) in [5.41, 5.74) is 1.56. The average Bonchev–Trinajstić information content (AvgIpc) is 3.23. The van der Waals surface area contributed by atoms with Crippen molar-refractivity contribution >= 4 is 46.9 Å². The number of hydrogen-bond acceptors (Lipinski definition) is 8. The first-order valence-electron chi connectivity index (χ1n) is 12.4. The summed E-state index contributed by atoms with van der Waals surface area (Å²) < 4.78 is 0. The van der Waals surface area contributed by atoms with E-state index in [1.54, 1.807) is 36.2 Å². The first-order valence-corrected chi connectivity index (χ1v) is 12.4. The molecule has 4 rings (SSSR count). The predicted octanol–water partition coefficient (Wildman–Crippen LogP) is 1.35. The van der Waals surface area contributed by atoms with Crippen LogP contribution in [0.1, 0.15) is 12.5 Å². The van der Waals surface area contributed by atoms with Crippen molar-refractivity contribution in [3.05, 3.63) is 80.4 Å². The molecule has 0 spiro atoms. The Labute approximate surface area is 224 Å². The van der Waals surface area contributed by atoms with Crippen molar-refractivity contribution in [2.75, 3.05) is 44.3 Å². The second kappa shape index (κ2) is 12.2. The molecule has 0 radical (unpaired) electrons. The Morgan fingerprint density at radius 1 is 1.10 bits per heavy atom. The molecule has 13 nitrogen and oxygen atoms in total. The summed E-state index contributed by atoms with van der Waals surface area (Å²) >= 11 is 0. The molecule has 202 valence electrons. The first kappa shape index (κ1) is 27.3. The molecule has 1 fully saturated rings. The minimum absolute atomic E-state index is 0.0222. The number of hydrogen-bond donors (Lipinski definition) is 1. The number of nitro benzene ring substituents is 2. The zero-order valence-electron chi connectivity index (χ0n) is 21.3. The third-order valence-corrected chi connectivity index (χ3v) is 6.62. The van der Waals surface area contributed by atoms with Crippen molar-refractivity contribution in [1.29, 1.82) is 0 Å². The molecule has 2 amide bonds. The number of benzene rings is 2. The van der Waals surface area contributed by atoms with Crippen LogP contribution >= 0.6 is 0 Å². The van der Waals surface area contributed by atoms with E-state index in [0.29, 0.717) is 36.6 Å². The summed E-state index contributed by atoms with van der Waals surface area (Å²) in [5, 5.41) is 27.3. The molecule has 1 N–H and O–H groups in total. The van der Waals surface area contributed by atoms with Gasteiger partial charge in [0.2, 0.25) is 5.91 Å². The molecule has 13 heteroatoms. The summed E-state index contributed by atoms with van der Waals surface area (Å²) in [6.07, 6.45) is 4.63. The van der Waals surface area contributed by atoms with Gasteiger partial charge < -0.3 is 9.80 Å². The van der Waals surface area contributed by atoms with Gasteiger partial charge in [-0.3, -0.25) is 34.8 Å². The summed E-state index contributed by atoms with van der Waals surface area (Å²) in [5.74, 6) is -0.976. The molecule has 2 heterocycles. The van der Waals surface area contributed by atoms with Crippen LogP contribution in [0.4, 0.5) is 17.1 Å². The van der Waals surface area contributed by atoms with Gasteiger partial charge >= 0.3 is 0 Å². The van der Waals surface area contributed by atoms with E-state index in [1.165, 1.54) is 52.4 Å². The highest BCUT2D eigenvalue weighted by Gasteiger charge is 2.33. The highest BCUT2D eigenvalue weighted by atomic mass is 16.6. The van der Waals surface area contributed by atoms with Crippen LogP contribution in [0.3, 0.4) is 0 Å². The van der Waals surface area contributed by atoms with E-state index >= 15 is 0 Å². The van der Waals surface area contributed by atoms with E-state index in [4.69, 9.17) is 0 Å². The van der Waals surface area contributed by atoms with Gasteiger partial charge in [-0.1, -0.05) is 12.1 Å². The number of carbonyl (C=O) groups is 2. The van der Waals surface area contributed by atoms with Gasteiger partial charge in [0.05, 0.1) is 60.5 Å². The molecule has 39 heavy (non-hydrogen) atoms. The second-order valence-electron chi connectivity index (χ2n) is 9.21. The fraction of sp³-hybridized carbons (Fsp3) is 0.308. The average molecular weight is 535 g/mol. The zero-order valence-corrected chi connectivity index (χ0v) is 21.3. The number of non-ortho nitro benzene ring substituents is 2. The lowest BCUT2D eigenvalue weighted by atomic mass is 10.1. The smallest absolute Gasteiger partial charge is 0.270 e. The molecular weight excluding hydrogens is 506 g/mol. The Bertz CT molecular complexity index is 1350.